The number of amides is 1. The van der Waals surface area contributed by atoms with Crippen molar-refractivity contribution in [1.29, 1.82) is 0 Å². The summed E-state index contributed by atoms with van der Waals surface area (Å²) in [5, 5.41) is 121. The molecule has 0 radical (unpaired) electrons. The molecule has 0 aromatic rings. The lowest BCUT2D eigenvalue weighted by molar-refractivity contribution is -0.379. The number of ether oxygens (including phenoxy) is 6. The second kappa shape index (κ2) is 54.3. The Bertz CT molecular complexity index is 1950. The second-order valence-corrected chi connectivity index (χ2v) is 25.7. The Morgan fingerprint density at radius 2 is 0.750 bits per heavy atom. The third-order valence-electron chi connectivity index (χ3n) is 17.8. The zero-order chi connectivity index (χ0) is 66.8. The molecule has 0 spiro atoms. The maximum absolute atomic E-state index is 13.4. The van der Waals surface area contributed by atoms with Crippen molar-refractivity contribution in [2.75, 3.05) is 26.4 Å². The largest absolute Gasteiger partial charge is 0.394 e. The maximum atomic E-state index is 13.4. The summed E-state index contributed by atoms with van der Waals surface area (Å²) in [4.78, 5) is 13.4. The molecule has 1 amide bonds. The van der Waals surface area contributed by atoms with Crippen molar-refractivity contribution in [2.45, 2.75) is 356 Å². The van der Waals surface area contributed by atoms with E-state index in [1.165, 1.54) is 161 Å². The molecule has 534 valence electrons. The Labute approximate surface area is 553 Å². The number of carbonyl (C=O) groups excluding carboxylic acids is 1. The SMILES string of the molecule is CC/C=C\C/C=C\C/C=C\C/C=C\C/C=C\CCCC(=O)NC(COC1OC(CO)C(OC2OC(CO)C(OC3OC(CO)C(O)C(O)C3O)C(O)C2O)C(O)C1O)C(O)/C=C/CCCCCCCCCCCCCCCCCCCCCCCCCCCCCC. The van der Waals surface area contributed by atoms with Crippen molar-refractivity contribution in [1.82, 2.24) is 5.32 Å². The molecule has 0 aromatic heterocycles. The minimum atomic E-state index is -1.99. The Morgan fingerprint density at radius 1 is 0.402 bits per heavy atom. The lowest BCUT2D eigenvalue weighted by atomic mass is 9.96. The smallest absolute Gasteiger partial charge is 0.220 e. The molecule has 3 saturated heterocycles. The van der Waals surface area contributed by atoms with Crippen LogP contribution in [-0.2, 0) is 33.2 Å². The van der Waals surface area contributed by atoms with Gasteiger partial charge in [-0.2, -0.15) is 0 Å². The Balaban J connectivity index is 1.41. The highest BCUT2D eigenvalue weighted by Crippen LogP contribution is 2.33. The van der Waals surface area contributed by atoms with Crippen molar-refractivity contribution in [3.63, 3.8) is 0 Å². The highest BCUT2D eigenvalue weighted by Gasteiger charge is 2.53. The van der Waals surface area contributed by atoms with E-state index in [0.717, 1.165) is 57.8 Å². The molecule has 17 atom stereocenters. The van der Waals surface area contributed by atoms with Gasteiger partial charge in [0.15, 0.2) is 18.9 Å². The monoisotopic (exact) mass is 1310 g/mol. The molecule has 0 saturated carbocycles. The van der Waals surface area contributed by atoms with Crippen LogP contribution in [0.25, 0.3) is 0 Å². The Hall–Kier alpha value is -2.77. The van der Waals surface area contributed by atoms with Crippen molar-refractivity contribution in [3.05, 3.63) is 72.9 Å². The maximum Gasteiger partial charge on any atom is 0.220 e. The van der Waals surface area contributed by atoms with Crippen LogP contribution in [-0.4, -0.2) is 193 Å². The fraction of sp³-hybridized carbons (Fsp3) is 0.822. The number of aliphatic hydroxyl groups excluding tert-OH is 11. The third kappa shape index (κ3) is 35.5. The molecule has 0 bridgehead atoms. The average Bonchev–Trinajstić information content (AvgIpc) is 0.838. The quantitative estimate of drug-likeness (QED) is 0.0199. The fourth-order valence-corrected chi connectivity index (χ4v) is 11.9. The molecule has 3 fully saturated rings. The highest BCUT2D eigenvalue weighted by molar-refractivity contribution is 5.76. The zero-order valence-electron chi connectivity index (χ0n) is 56.5. The topological polar surface area (TPSA) is 307 Å². The second-order valence-electron chi connectivity index (χ2n) is 25.7. The van der Waals surface area contributed by atoms with Gasteiger partial charge in [-0.25, -0.2) is 0 Å². The predicted octanol–water partition coefficient (Wildman–Crippen LogP) is 10.1. The molecular weight excluding hydrogens is 1180 g/mol. The van der Waals surface area contributed by atoms with Gasteiger partial charge in [0.1, 0.15) is 73.2 Å². The Kier molecular flexibility index (Phi) is 49.2. The molecule has 3 aliphatic rings. The van der Waals surface area contributed by atoms with Gasteiger partial charge in [-0.05, 0) is 57.8 Å². The van der Waals surface area contributed by atoms with Gasteiger partial charge >= 0.3 is 0 Å². The van der Waals surface area contributed by atoms with Crippen molar-refractivity contribution in [3.8, 4) is 0 Å². The van der Waals surface area contributed by atoms with E-state index in [2.05, 4.69) is 73.8 Å². The van der Waals surface area contributed by atoms with Gasteiger partial charge in [-0.15, -0.1) is 0 Å². The molecular formula is C73H129NO18. The van der Waals surface area contributed by atoms with Crippen molar-refractivity contribution >= 4 is 5.91 Å². The van der Waals surface area contributed by atoms with E-state index in [9.17, 15) is 61.0 Å². The van der Waals surface area contributed by atoms with Crippen LogP contribution >= 0.6 is 0 Å². The standard InChI is InChI=1S/C73H129NO18/c1-3-5-7-9-11-13-15-17-19-21-22-23-24-25-26-27-28-29-30-31-32-33-35-36-38-40-42-44-46-48-50-57(78)56(74-61(79)51-49-47-45-43-41-39-37-34-20-18-16-14-12-10-8-6-4-2)55-87-71-67(85)64(82)69(59(53-76)89-71)92-73-68(86)65(83)70(60(54-77)90-73)91-72-66(84)63(81)62(80)58(52-75)88-72/h6,8,12,14,18,20,37,39,43,45,48,50,56-60,62-73,75-78,80-86H,3-5,7,9-11,13,15-17,19,21-36,38,40-42,44,46-47,49,51-55H2,1-2H3,(H,74,79)/b8-6-,14-12-,20-18-,39-37-,45-43-,50-48+. The lowest BCUT2D eigenvalue weighted by Gasteiger charge is -2.48. The van der Waals surface area contributed by atoms with Crippen molar-refractivity contribution < 1.29 is 89.4 Å². The van der Waals surface area contributed by atoms with Gasteiger partial charge in [-0.3, -0.25) is 4.79 Å². The number of aliphatic hydroxyl groups is 11. The molecule has 0 aromatic carbocycles. The number of hydrogen-bond acceptors (Lipinski definition) is 18. The van der Waals surface area contributed by atoms with Crippen LogP contribution < -0.4 is 5.32 Å². The van der Waals surface area contributed by atoms with E-state index >= 15 is 0 Å². The summed E-state index contributed by atoms with van der Waals surface area (Å²) in [6.07, 6.45) is 41.9. The van der Waals surface area contributed by atoms with Crippen LogP contribution in [0.2, 0.25) is 0 Å². The van der Waals surface area contributed by atoms with Gasteiger partial charge < -0.3 is 89.9 Å². The van der Waals surface area contributed by atoms with Crippen LogP contribution in [0.5, 0.6) is 0 Å². The molecule has 92 heavy (non-hydrogen) atoms. The summed E-state index contributed by atoms with van der Waals surface area (Å²) in [6, 6.07) is -1.01. The number of allylic oxidation sites excluding steroid dienone is 11. The minimum Gasteiger partial charge on any atom is -0.394 e. The number of nitrogens with one attached hydrogen (secondary N) is 1. The summed E-state index contributed by atoms with van der Waals surface area (Å²) in [5.74, 6) is -0.332. The van der Waals surface area contributed by atoms with Crippen molar-refractivity contribution in [2.24, 2.45) is 0 Å². The van der Waals surface area contributed by atoms with E-state index in [1.807, 2.05) is 12.2 Å². The van der Waals surface area contributed by atoms with E-state index < -0.39 is 124 Å². The molecule has 3 rings (SSSR count). The first-order valence-corrected chi connectivity index (χ1v) is 36.2. The minimum absolute atomic E-state index is 0.162. The van der Waals surface area contributed by atoms with Gasteiger partial charge in [0.2, 0.25) is 5.91 Å². The van der Waals surface area contributed by atoms with Crippen LogP contribution in [0.3, 0.4) is 0 Å². The van der Waals surface area contributed by atoms with E-state index in [1.54, 1.807) is 6.08 Å². The van der Waals surface area contributed by atoms with Crippen LogP contribution in [0.1, 0.15) is 251 Å². The van der Waals surface area contributed by atoms with E-state index in [4.69, 9.17) is 28.4 Å². The average molecular weight is 1310 g/mol. The molecule has 19 nitrogen and oxygen atoms in total. The lowest BCUT2D eigenvalue weighted by Crippen LogP contribution is -2.66. The number of hydrogen-bond donors (Lipinski definition) is 12. The van der Waals surface area contributed by atoms with Gasteiger partial charge in [0.25, 0.3) is 0 Å². The van der Waals surface area contributed by atoms with Crippen LogP contribution in [0, 0.1) is 0 Å². The van der Waals surface area contributed by atoms with Crippen LogP contribution in [0.15, 0.2) is 72.9 Å². The normalized spacial score (nSPS) is 28.1. The summed E-state index contributed by atoms with van der Waals surface area (Å²) in [7, 11) is 0. The summed E-state index contributed by atoms with van der Waals surface area (Å²) < 4.78 is 34.3. The van der Waals surface area contributed by atoms with Gasteiger partial charge in [-0.1, -0.05) is 260 Å². The Morgan fingerprint density at radius 3 is 1.16 bits per heavy atom. The van der Waals surface area contributed by atoms with E-state index in [0.29, 0.717) is 12.8 Å². The molecule has 3 aliphatic heterocycles. The molecule has 19 heteroatoms. The third-order valence-corrected chi connectivity index (χ3v) is 17.8. The first kappa shape index (κ1) is 83.5. The molecule has 0 aliphatic carbocycles. The van der Waals surface area contributed by atoms with Gasteiger partial charge in [0, 0.05) is 6.42 Å². The number of carbonyl (C=O) groups is 1. The van der Waals surface area contributed by atoms with Crippen LogP contribution in [0.4, 0.5) is 0 Å². The molecule has 12 N–H and O–H groups in total. The summed E-state index contributed by atoms with van der Waals surface area (Å²) in [5.41, 5.74) is 0. The first-order valence-electron chi connectivity index (χ1n) is 36.2. The first-order chi connectivity index (χ1) is 44.8. The zero-order valence-corrected chi connectivity index (χ0v) is 56.5. The fourth-order valence-electron chi connectivity index (χ4n) is 11.9. The molecule has 17 unspecified atom stereocenters. The predicted molar refractivity (Wildman–Crippen MR) is 360 cm³/mol. The molecule has 3 heterocycles. The number of unbranched alkanes of at least 4 members (excludes halogenated alkanes) is 29. The summed E-state index contributed by atoms with van der Waals surface area (Å²) >= 11 is 0. The van der Waals surface area contributed by atoms with Gasteiger partial charge in [0.05, 0.1) is 38.6 Å². The van der Waals surface area contributed by atoms with E-state index in [-0.39, 0.29) is 18.9 Å². The number of rotatable bonds is 55. The summed E-state index contributed by atoms with van der Waals surface area (Å²) in [6.45, 7) is 1.59. The highest BCUT2D eigenvalue weighted by atomic mass is 16.8.